The monoisotopic (exact) mass is 438 g/mol. The van der Waals surface area contributed by atoms with Gasteiger partial charge in [-0.1, -0.05) is 32.6 Å². The van der Waals surface area contributed by atoms with Gasteiger partial charge in [0.15, 0.2) is 11.6 Å². The molecule has 2 fully saturated rings. The van der Waals surface area contributed by atoms with Crippen LogP contribution in [0.1, 0.15) is 51.3 Å². The van der Waals surface area contributed by atoms with E-state index in [2.05, 4.69) is 20.8 Å². The predicted octanol–water partition coefficient (Wildman–Crippen LogP) is 1.24. The number of carbonyl (C=O) groups excluding carboxylic acids is 2. The Kier molecular flexibility index (Phi) is 7.97. The zero-order valence-electron chi connectivity index (χ0n) is 17.8. The van der Waals surface area contributed by atoms with E-state index in [4.69, 9.17) is 0 Å². The van der Waals surface area contributed by atoms with Crippen LogP contribution in [0.2, 0.25) is 0 Å². The third-order valence-corrected chi connectivity index (χ3v) is 5.96. The molecule has 0 spiro atoms. The molecule has 1 saturated heterocycles. The van der Waals surface area contributed by atoms with Crippen LogP contribution in [0.3, 0.4) is 0 Å². The SMILES string of the molecule is CCc1nc(NNC(=O)[C@H](CC2CCCC2)CN(O)C=O)c(F)c(N2CC[C@H](O)C2)n1. The highest BCUT2D eigenvalue weighted by Crippen LogP contribution is 2.31. The number of aliphatic hydroxyl groups is 1. The third kappa shape index (κ3) is 6.01. The number of aliphatic hydroxyl groups excluding tert-OH is 1. The topological polar surface area (TPSA) is 131 Å². The number of hydrogen-bond donors (Lipinski definition) is 4. The molecule has 1 saturated carbocycles. The molecule has 1 aliphatic heterocycles. The van der Waals surface area contributed by atoms with Crippen LogP contribution in [-0.2, 0) is 16.0 Å². The fourth-order valence-corrected chi connectivity index (χ4v) is 4.27. The van der Waals surface area contributed by atoms with Gasteiger partial charge in [-0.15, -0.1) is 0 Å². The van der Waals surface area contributed by atoms with E-state index in [9.17, 15) is 19.9 Å². The normalized spacial score (nSPS) is 20.0. The predicted molar refractivity (Wildman–Crippen MR) is 111 cm³/mol. The number of nitrogens with one attached hydrogen (secondary N) is 2. The van der Waals surface area contributed by atoms with Crippen molar-refractivity contribution in [2.45, 2.75) is 58.0 Å². The Hall–Kier alpha value is -2.53. The Balaban J connectivity index is 1.71. The zero-order valence-corrected chi connectivity index (χ0v) is 17.8. The lowest BCUT2D eigenvalue weighted by Crippen LogP contribution is -2.41. The second-order valence-electron chi connectivity index (χ2n) is 8.29. The number of aryl methyl sites for hydroxylation is 1. The lowest BCUT2D eigenvalue weighted by Gasteiger charge is -2.23. The van der Waals surface area contributed by atoms with Crippen LogP contribution in [-0.4, -0.2) is 63.4 Å². The number of hydrogen-bond acceptors (Lipinski definition) is 8. The summed E-state index contributed by atoms with van der Waals surface area (Å²) in [5, 5.41) is 19.8. The smallest absolute Gasteiger partial charge is 0.243 e. The summed E-state index contributed by atoms with van der Waals surface area (Å²) in [7, 11) is 0. The summed E-state index contributed by atoms with van der Waals surface area (Å²) < 4.78 is 15.1. The van der Waals surface area contributed by atoms with Crippen LogP contribution in [0.5, 0.6) is 0 Å². The maximum Gasteiger partial charge on any atom is 0.243 e. The van der Waals surface area contributed by atoms with Gasteiger partial charge in [-0.05, 0) is 18.8 Å². The van der Waals surface area contributed by atoms with E-state index >= 15 is 4.39 Å². The number of nitrogens with zero attached hydrogens (tertiary/aromatic N) is 4. The van der Waals surface area contributed by atoms with Gasteiger partial charge in [-0.25, -0.2) is 15.0 Å². The van der Waals surface area contributed by atoms with Crippen molar-refractivity contribution in [3.05, 3.63) is 11.6 Å². The summed E-state index contributed by atoms with van der Waals surface area (Å²) >= 11 is 0. The molecule has 172 valence electrons. The van der Waals surface area contributed by atoms with E-state index in [1.165, 1.54) is 0 Å². The molecule has 1 aromatic rings. The minimum absolute atomic E-state index is 0.0881. The summed E-state index contributed by atoms with van der Waals surface area (Å²) in [6, 6.07) is 0. The zero-order chi connectivity index (χ0) is 22.4. The first-order chi connectivity index (χ1) is 14.9. The summed E-state index contributed by atoms with van der Waals surface area (Å²) in [6.07, 6.45) is 5.48. The molecule has 10 nitrogen and oxygen atoms in total. The van der Waals surface area contributed by atoms with Crippen molar-refractivity contribution in [1.29, 1.82) is 0 Å². The maximum absolute atomic E-state index is 15.1. The molecule has 0 unspecified atom stereocenters. The standard InChI is InChI=1S/C20H31FN6O4/c1-2-16-22-18(17(21)19(23-16)26-8-7-15(29)11-26)24-25-20(30)14(10-27(31)12-28)9-13-5-3-4-6-13/h12-15,29,31H,2-11H2,1H3,(H,25,30)(H,22,23,24)/t14-,15+/m1/s1. The number of hydroxylamine groups is 2. The molecule has 1 aromatic heterocycles. The van der Waals surface area contributed by atoms with Crippen molar-refractivity contribution in [3.8, 4) is 0 Å². The molecule has 0 bridgehead atoms. The number of hydrazine groups is 1. The Morgan fingerprint density at radius 2 is 2.10 bits per heavy atom. The molecule has 11 heteroatoms. The molecular formula is C20H31FN6O4. The van der Waals surface area contributed by atoms with Crippen molar-refractivity contribution >= 4 is 24.0 Å². The van der Waals surface area contributed by atoms with Crippen molar-refractivity contribution in [1.82, 2.24) is 20.5 Å². The van der Waals surface area contributed by atoms with Gasteiger partial charge in [0.2, 0.25) is 18.1 Å². The second-order valence-corrected chi connectivity index (χ2v) is 8.29. The Morgan fingerprint density at radius 3 is 2.71 bits per heavy atom. The average Bonchev–Trinajstić information content (AvgIpc) is 3.43. The maximum atomic E-state index is 15.1. The Bertz CT molecular complexity index is 776. The van der Waals surface area contributed by atoms with Gasteiger partial charge in [0.25, 0.3) is 0 Å². The van der Waals surface area contributed by atoms with Crippen LogP contribution < -0.4 is 15.8 Å². The van der Waals surface area contributed by atoms with E-state index < -0.39 is 23.7 Å². The molecule has 4 N–H and O–H groups in total. The number of amides is 2. The highest BCUT2D eigenvalue weighted by atomic mass is 19.1. The van der Waals surface area contributed by atoms with Crippen LogP contribution in [0, 0.1) is 17.7 Å². The van der Waals surface area contributed by atoms with E-state index in [1.54, 1.807) is 4.90 Å². The van der Waals surface area contributed by atoms with Gasteiger partial charge in [0.05, 0.1) is 18.6 Å². The number of carbonyl (C=O) groups is 2. The first-order valence-corrected chi connectivity index (χ1v) is 10.9. The van der Waals surface area contributed by atoms with Crippen LogP contribution >= 0.6 is 0 Å². The fraction of sp³-hybridized carbons (Fsp3) is 0.700. The number of anilines is 2. The molecule has 2 atom stereocenters. The fourth-order valence-electron chi connectivity index (χ4n) is 4.27. The van der Waals surface area contributed by atoms with Crippen LogP contribution in [0.15, 0.2) is 0 Å². The Labute approximate surface area is 180 Å². The highest BCUT2D eigenvalue weighted by Gasteiger charge is 2.29. The first kappa shape index (κ1) is 23.1. The lowest BCUT2D eigenvalue weighted by molar-refractivity contribution is -0.154. The minimum atomic E-state index is -0.712. The quantitative estimate of drug-likeness (QED) is 0.244. The molecular weight excluding hydrogens is 407 g/mol. The van der Waals surface area contributed by atoms with Gasteiger partial charge in [0, 0.05) is 19.5 Å². The van der Waals surface area contributed by atoms with E-state index in [-0.39, 0.29) is 31.1 Å². The largest absolute Gasteiger partial charge is 0.391 e. The minimum Gasteiger partial charge on any atom is -0.391 e. The van der Waals surface area contributed by atoms with E-state index in [0.29, 0.717) is 42.6 Å². The van der Waals surface area contributed by atoms with E-state index in [0.717, 1.165) is 25.7 Å². The molecule has 3 rings (SSSR count). The lowest BCUT2D eigenvalue weighted by atomic mass is 9.92. The number of halogens is 1. The molecule has 31 heavy (non-hydrogen) atoms. The molecule has 2 amide bonds. The molecule has 2 heterocycles. The van der Waals surface area contributed by atoms with Crippen molar-refractivity contribution in [3.63, 3.8) is 0 Å². The highest BCUT2D eigenvalue weighted by molar-refractivity contribution is 5.80. The van der Waals surface area contributed by atoms with E-state index in [1.807, 2.05) is 6.92 Å². The summed E-state index contributed by atoms with van der Waals surface area (Å²) in [5.74, 6) is -1.13. The van der Waals surface area contributed by atoms with Gasteiger partial charge in [0.1, 0.15) is 5.82 Å². The summed E-state index contributed by atoms with van der Waals surface area (Å²) in [4.78, 5) is 33.6. The van der Waals surface area contributed by atoms with Crippen molar-refractivity contribution in [2.75, 3.05) is 30.0 Å². The number of aromatic nitrogens is 2. The van der Waals surface area contributed by atoms with Gasteiger partial charge < -0.3 is 10.0 Å². The molecule has 2 aliphatic rings. The Morgan fingerprint density at radius 1 is 1.35 bits per heavy atom. The van der Waals surface area contributed by atoms with Gasteiger partial charge in [-0.3, -0.25) is 25.6 Å². The first-order valence-electron chi connectivity index (χ1n) is 10.9. The second kappa shape index (κ2) is 10.7. The van der Waals surface area contributed by atoms with Crippen molar-refractivity contribution in [2.24, 2.45) is 11.8 Å². The van der Waals surface area contributed by atoms with Crippen LogP contribution in [0.25, 0.3) is 0 Å². The number of β-amino-alcohol motifs (C(OH)–C–C–N with tert-alkyl or cyclic N) is 1. The molecule has 0 aromatic carbocycles. The average molecular weight is 439 g/mol. The third-order valence-electron chi connectivity index (χ3n) is 5.96. The number of rotatable bonds is 10. The van der Waals surface area contributed by atoms with Gasteiger partial charge in [-0.2, -0.15) is 4.39 Å². The molecule has 0 radical (unpaired) electrons. The van der Waals surface area contributed by atoms with Crippen molar-refractivity contribution < 1.29 is 24.3 Å². The van der Waals surface area contributed by atoms with Crippen LogP contribution in [0.4, 0.5) is 16.0 Å². The molecule has 1 aliphatic carbocycles. The summed E-state index contributed by atoms with van der Waals surface area (Å²) in [5.41, 5.74) is 5.04. The summed E-state index contributed by atoms with van der Waals surface area (Å²) in [6.45, 7) is 2.46. The van der Waals surface area contributed by atoms with Gasteiger partial charge >= 0.3 is 0 Å².